The molecule has 380 valence electrons. The number of nitrogens with two attached hydrogens (primary N) is 2. The van der Waals surface area contributed by atoms with Crippen molar-refractivity contribution in [3.05, 3.63) is 102 Å². The number of nitrogens with zero attached hydrogens (tertiary/aromatic N) is 9. The van der Waals surface area contributed by atoms with Gasteiger partial charge in [0.15, 0.2) is 11.6 Å². The summed E-state index contributed by atoms with van der Waals surface area (Å²) in [4.78, 5) is 43.8. The van der Waals surface area contributed by atoms with E-state index in [1.807, 2.05) is 30.4 Å². The van der Waals surface area contributed by atoms with E-state index in [-0.39, 0.29) is 62.6 Å². The van der Waals surface area contributed by atoms with Crippen molar-refractivity contribution in [3.63, 3.8) is 0 Å². The van der Waals surface area contributed by atoms with Gasteiger partial charge in [0.25, 0.3) is 31.9 Å². The predicted molar refractivity (Wildman–Crippen MR) is 272 cm³/mol. The number of hydrogen-bond donors (Lipinski definition) is 4. The van der Waals surface area contributed by atoms with Crippen LogP contribution in [-0.4, -0.2) is 93.4 Å². The van der Waals surface area contributed by atoms with Crippen LogP contribution in [0.15, 0.2) is 95.2 Å². The van der Waals surface area contributed by atoms with Crippen molar-refractivity contribution in [3.8, 4) is 23.4 Å². The Labute approximate surface area is 415 Å². The van der Waals surface area contributed by atoms with Gasteiger partial charge < -0.3 is 25.8 Å². The zero-order valence-electron chi connectivity index (χ0n) is 39.6. The number of carbonyl (C=O) groups excluding carboxylic acids is 2. The number of pyridine rings is 4. The van der Waals surface area contributed by atoms with E-state index >= 15 is 0 Å². The van der Waals surface area contributed by atoms with Gasteiger partial charge in [0.1, 0.15) is 32.4 Å². The summed E-state index contributed by atoms with van der Waals surface area (Å²) in [5, 5.41) is 8.55. The third kappa shape index (κ3) is 13.0. The highest BCUT2D eigenvalue weighted by Crippen LogP contribution is 2.38. The quantitative estimate of drug-likeness (QED) is 0.0823. The molecule has 0 unspecified atom stereocenters. The summed E-state index contributed by atoms with van der Waals surface area (Å²) in [5.74, 6) is 0.196. The first-order valence-electron chi connectivity index (χ1n) is 21.5. The van der Waals surface area contributed by atoms with Crippen LogP contribution in [0.1, 0.15) is 98.0 Å². The van der Waals surface area contributed by atoms with E-state index in [1.54, 1.807) is 41.3 Å². The van der Waals surface area contributed by atoms with Crippen LogP contribution in [0.25, 0.3) is 11.6 Å². The topological polar surface area (TPSA) is 287 Å². The molecule has 24 heteroatoms. The summed E-state index contributed by atoms with van der Waals surface area (Å²) in [6.07, 6.45) is 6.97. The molecule has 1 saturated heterocycles. The number of nitrogens with one attached hydrogen (secondary N) is 2. The Kier molecular flexibility index (Phi) is 14.9. The lowest BCUT2D eigenvalue weighted by molar-refractivity contribution is 0.0972. The van der Waals surface area contributed by atoms with E-state index in [9.17, 15) is 26.4 Å². The Morgan fingerprint density at radius 2 is 1.19 bits per heavy atom. The summed E-state index contributed by atoms with van der Waals surface area (Å²) >= 11 is 6.13. The summed E-state index contributed by atoms with van der Waals surface area (Å²) in [6, 6.07) is 14.8. The molecule has 1 aliphatic rings. The van der Waals surface area contributed by atoms with Crippen LogP contribution >= 0.6 is 11.6 Å². The van der Waals surface area contributed by atoms with Gasteiger partial charge in [-0.2, -0.15) is 0 Å². The van der Waals surface area contributed by atoms with Crippen LogP contribution in [0.4, 0.5) is 17.5 Å². The molecule has 0 spiro atoms. The van der Waals surface area contributed by atoms with Crippen molar-refractivity contribution in [1.82, 2.24) is 48.9 Å². The third-order valence-electron chi connectivity index (χ3n) is 10.0. The number of anilines is 3. The Hall–Kier alpha value is -6.85. The van der Waals surface area contributed by atoms with Gasteiger partial charge in [0.2, 0.25) is 11.8 Å². The maximum atomic E-state index is 13.4. The molecule has 2 amide bonds. The minimum atomic E-state index is -4.26. The third-order valence-corrected chi connectivity index (χ3v) is 13.1. The number of sulfonamides is 2. The van der Waals surface area contributed by atoms with E-state index in [0.717, 1.165) is 6.42 Å². The number of rotatable bonds is 13. The zero-order valence-corrected chi connectivity index (χ0v) is 42.0. The van der Waals surface area contributed by atoms with Crippen molar-refractivity contribution in [1.29, 1.82) is 0 Å². The lowest BCUT2D eigenvalue weighted by Crippen LogP contribution is -2.41. The van der Waals surface area contributed by atoms with Crippen LogP contribution in [0.5, 0.6) is 11.8 Å². The van der Waals surface area contributed by atoms with Crippen LogP contribution < -0.4 is 35.3 Å². The average Bonchev–Trinajstić information content (AvgIpc) is 4.00. The molecule has 69 heavy (non-hydrogen) atoms. The highest BCUT2D eigenvalue weighted by molar-refractivity contribution is 7.90. The first-order chi connectivity index (χ1) is 32.1. The fourth-order valence-corrected chi connectivity index (χ4v) is 9.29. The van der Waals surface area contributed by atoms with Gasteiger partial charge in [0.05, 0.1) is 24.3 Å². The molecule has 6 aromatic rings. The first-order valence-corrected chi connectivity index (χ1v) is 24.9. The molecule has 1 aliphatic heterocycles. The van der Waals surface area contributed by atoms with Gasteiger partial charge in [-0.3, -0.25) is 9.59 Å². The largest absolute Gasteiger partial charge is 0.476 e. The van der Waals surface area contributed by atoms with E-state index in [2.05, 4.69) is 71.4 Å². The molecule has 7 heterocycles. The van der Waals surface area contributed by atoms with Crippen molar-refractivity contribution < 1.29 is 44.5 Å². The normalized spacial score (nSPS) is 14.9. The lowest BCUT2D eigenvalue weighted by atomic mass is 9.97. The van der Waals surface area contributed by atoms with E-state index in [1.165, 1.54) is 53.5 Å². The highest BCUT2D eigenvalue weighted by Gasteiger charge is 2.39. The molecule has 1 atom stereocenters. The molecular weight excluding hydrogens is 950 g/mol. The van der Waals surface area contributed by atoms with Crippen molar-refractivity contribution in [2.75, 3.05) is 36.1 Å². The SMILES string of the molecule is CC(C)(C)COc1ccn(-c2ccc(C(=O)NS(=O)(=O)c3cccnc3N)c(Cl)n2)n1.C[C@@H]1CN(c2nc(-n3ccc(OCC(C)(C)C)n3)ccc2C(=O)NS(=O)(=O)c2cccnc2N)C(C)(C)C1.[HH].[HH].[HH].[HH].[HH].[HH]. The summed E-state index contributed by atoms with van der Waals surface area (Å²) in [7, 11) is -8.50. The molecule has 1 fully saturated rings. The Morgan fingerprint density at radius 3 is 1.61 bits per heavy atom. The van der Waals surface area contributed by atoms with Gasteiger partial charge in [0, 0.05) is 57.6 Å². The molecule has 21 nitrogen and oxygen atoms in total. The van der Waals surface area contributed by atoms with E-state index in [4.69, 9.17) is 37.5 Å². The molecule has 7 rings (SSSR count). The lowest BCUT2D eigenvalue weighted by Gasteiger charge is -2.34. The fourth-order valence-electron chi connectivity index (χ4n) is 6.96. The Morgan fingerprint density at radius 1 is 0.739 bits per heavy atom. The summed E-state index contributed by atoms with van der Waals surface area (Å²) < 4.78 is 69.2. The van der Waals surface area contributed by atoms with E-state index < -0.39 is 31.9 Å². The van der Waals surface area contributed by atoms with Crippen LogP contribution in [0, 0.1) is 16.7 Å². The number of nitrogen functional groups attached to an aromatic ring is 2. The summed E-state index contributed by atoms with van der Waals surface area (Å²) in [5.41, 5.74) is 11.0. The minimum absolute atomic E-state index is 0. The van der Waals surface area contributed by atoms with Crippen LogP contribution in [0.2, 0.25) is 5.15 Å². The first kappa shape index (κ1) is 51.5. The fraction of sp³-hybridized carbons (Fsp3) is 0.378. The Bertz CT molecular complexity index is 3100. The second-order valence-electron chi connectivity index (χ2n) is 19.3. The molecule has 0 radical (unpaired) electrons. The maximum absolute atomic E-state index is 13.4. The minimum Gasteiger partial charge on any atom is -0.476 e. The molecule has 0 aromatic carbocycles. The predicted octanol–water partition coefficient (Wildman–Crippen LogP) is 7.33. The second-order valence-corrected chi connectivity index (χ2v) is 23.0. The Balaban J connectivity index is 0.00000137. The number of carbonyl (C=O) groups is 2. The van der Waals surface area contributed by atoms with Crippen molar-refractivity contribution in [2.45, 2.75) is 84.1 Å². The molecule has 0 aliphatic carbocycles. The smallest absolute Gasteiger partial charge is 0.268 e. The number of amides is 2. The molecule has 0 bridgehead atoms. The number of ether oxygens (including phenoxy) is 2. The molecular formula is C45H68ClN13O8S2. The highest BCUT2D eigenvalue weighted by atomic mass is 35.5. The average molecular weight is 1020 g/mol. The van der Waals surface area contributed by atoms with Crippen LogP contribution in [-0.2, 0) is 20.0 Å². The second kappa shape index (κ2) is 20.0. The van der Waals surface area contributed by atoms with Gasteiger partial charge in [-0.05, 0) is 85.5 Å². The molecule has 0 saturated carbocycles. The summed E-state index contributed by atoms with van der Waals surface area (Å²) in [6.45, 7) is 20.3. The molecule has 6 aromatic heterocycles. The number of hydrogen-bond acceptors (Lipinski definition) is 17. The maximum Gasteiger partial charge on any atom is 0.268 e. The van der Waals surface area contributed by atoms with Crippen molar-refractivity contribution in [2.24, 2.45) is 16.7 Å². The molecule has 6 N–H and O–H groups in total. The van der Waals surface area contributed by atoms with Crippen LogP contribution in [0.3, 0.4) is 0 Å². The van der Waals surface area contributed by atoms with Gasteiger partial charge in [-0.1, -0.05) is 60.1 Å². The van der Waals surface area contributed by atoms with Crippen molar-refractivity contribution >= 4 is 60.9 Å². The van der Waals surface area contributed by atoms with Gasteiger partial charge in [-0.25, -0.2) is 55.6 Å². The number of halogens is 1. The van der Waals surface area contributed by atoms with Gasteiger partial charge in [-0.15, -0.1) is 10.2 Å². The standard InChI is InChI=1S/C26H35N7O4S.C19H21ClN6O4S.6H2/c1-17-14-26(5,6)32(15-17)23-18(24(34)31-38(35,36)19-8-7-12-28-22(19)27)9-10-20(29-23)33-13-11-21(30-33)37-16-25(2,3)4;1-19(2,3)11-30-15-8-10-26(24-15)14-7-6-12(16(20)23-14)18(27)25-31(28,29)13-5-4-9-22-17(13)21;;;;;;/h7-13,17H,14-16H2,1-6H3,(H2,27,28)(H,31,34);4-10H,11H2,1-3H3,(H2,21,22)(H,25,27);6*1H/t17-;;;;;;;/m0......./s1. The monoisotopic (exact) mass is 1020 g/mol. The van der Waals surface area contributed by atoms with E-state index in [0.29, 0.717) is 54.9 Å². The van der Waals surface area contributed by atoms with Gasteiger partial charge >= 0.3 is 0 Å². The number of aromatic nitrogens is 8. The zero-order chi connectivity index (χ0) is 50.7.